The van der Waals surface area contributed by atoms with E-state index >= 15 is 0 Å². The summed E-state index contributed by atoms with van der Waals surface area (Å²) in [6.45, 7) is -0.550. The molecule has 10 heterocycles. The van der Waals surface area contributed by atoms with Gasteiger partial charge in [-0.2, -0.15) is 0 Å². The third-order valence-corrected chi connectivity index (χ3v) is 23.9. The molecular formula is C96H54B2N6O4. The number of benzene rings is 16. The minimum absolute atomic E-state index is 0.275. The Morgan fingerprint density at radius 3 is 0.593 bits per heavy atom. The second-order valence-corrected chi connectivity index (χ2v) is 29.4. The Balaban J connectivity index is 0.725. The molecule has 0 radical (unpaired) electrons. The van der Waals surface area contributed by atoms with Crippen LogP contribution in [0.5, 0.6) is 46.0 Å². The number of para-hydroxylation sites is 10. The Labute approximate surface area is 618 Å². The van der Waals surface area contributed by atoms with E-state index in [2.05, 4.69) is 356 Å². The minimum Gasteiger partial charge on any atom is -0.458 e. The van der Waals surface area contributed by atoms with Crippen molar-refractivity contribution in [1.82, 2.24) is 18.3 Å². The number of aromatic nitrogens is 4. The van der Waals surface area contributed by atoms with Crippen molar-refractivity contribution in [2.75, 3.05) is 9.80 Å². The molecule has 26 rings (SSSR count). The van der Waals surface area contributed by atoms with Gasteiger partial charge in [0.2, 0.25) is 0 Å². The lowest BCUT2D eigenvalue weighted by Crippen LogP contribution is -2.61. The highest BCUT2D eigenvalue weighted by atomic mass is 16.5. The van der Waals surface area contributed by atoms with Gasteiger partial charge in [-0.1, -0.05) is 182 Å². The van der Waals surface area contributed by atoms with Crippen LogP contribution in [0.2, 0.25) is 0 Å². The molecule has 6 aliphatic rings. The van der Waals surface area contributed by atoms with Crippen LogP contribution < -0.4 is 61.5 Å². The number of ether oxygens (including phenoxy) is 4. The van der Waals surface area contributed by atoms with Crippen LogP contribution in [0.3, 0.4) is 0 Å². The van der Waals surface area contributed by atoms with Gasteiger partial charge in [0.05, 0.1) is 66.9 Å². The van der Waals surface area contributed by atoms with E-state index in [4.69, 9.17) is 18.9 Å². The van der Waals surface area contributed by atoms with Crippen LogP contribution >= 0.6 is 0 Å². The van der Waals surface area contributed by atoms with E-state index in [1.54, 1.807) is 0 Å². The van der Waals surface area contributed by atoms with Gasteiger partial charge in [-0.25, -0.2) is 0 Å². The number of fused-ring (bicyclic) bond motifs is 12. The number of nitrogens with zero attached hydrogens (tertiary/aromatic N) is 6. The van der Waals surface area contributed by atoms with Crippen molar-refractivity contribution in [3.8, 4) is 79.9 Å². The zero-order chi connectivity index (χ0) is 69.9. The van der Waals surface area contributed by atoms with Crippen molar-refractivity contribution in [3.05, 3.63) is 328 Å². The number of anilines is 6. The average Bonchev–Trinajstić information content (AvgIpc) is 0.913. The topological polar surface area (TPSA) is 63.1 Å². The highest BCUT2D eigenvalue weighted by molar-refractivity contribution is 7.01. The van der Waals surface area contributed by atoms with E-state index in [9.17, 15) is 0 Å². The molecule has 10 nitrogen and oxygen atoms in total. The van der Waals surface area contributed by atoms with Gasteiger partial charge in [-0.3, -0.25) is 0 Å². The summed E-state index contributed by atoms with van der Waals surface area (Å²) in [6, 6.07) is 119. The molecule has 0 amide bonds. The first kappa shape index (κ1) is 57.1. The van der Waals surface area contributed by atoms with E-state index in [1.165, 1.54) is 43.1 Å². The molecule has 0 unspecified atom stereocenters. The zero-order valence-corrected chi connectivity index (χ0v) is 57.6. The summed E-state index contributed by atoms with van der Waals surface area (Å²) in [5.74, 6) is 6.01. The predicted octanol–water partition coefficient (Wildman–Crippen LogP) is 20.8. The summed E-state index contributed by atoms with van der Waals surface area (Å²) < 4.78 is 40.5. The molecule has 0 atom stereocenters. The average molecular weight is 1380 g/mol. The van der Waals surface area contributed by atoms with E-state index < -0.39 is 0 Å². The van der Waals surface area contributed by atoms with Gasteiger partial charge in [-0.15, -0.1) is 0 Å². The van der Waals surface area contributed by atoms with Gasteiger partial charge >= 0.3 is 0 Å². The second kappa shape index (κ2) is 20.8. The Bertz CT molecular complexity index is 6450. The van der Waals surface area contributed by atoms with E-state index in [0.29, 0.717) is 0 Å². The van der Waals surface area contributed by atoms with Crippen molar-refractivity contribution in [2.24, 2.45) is 0 Å². The Hall–Kier alpha value is -14.4. The molecule has 498 valence electrons. The molecule has 0 aliphatic carbocycles. The van der Waals surface area contributed by atoms with Gasteiger partial charge < -0.3 is 47.0 Å². The summed E-state index contributed by atoms with van der Waals surface area (Å²) >= 11 is 0. The van der Waals surface area contributed by atoms with Crippen molar-refractivity contribution >= 4 is 168 Å². The molecule has 0 bridgehead atoms. The van der Waals surface area contributed by atoms with Crippen molar-refractivity contribution in [2.45, 2.75) is 0 Å². The molecule has 0 saturated carbocycles. The van der Waals surface area contributed by atoms with Crippen LogP contribution in [0.4, 0.5) is 34.1 Å². The molecule has 0 N–H and O–H groups in total. The molecule has 108 heavy (non-hydrogen) atoms. The SMILES string of the molecule is c1ccc(N2c3cc(-n4c5ccccc5c5ccccc54)cc4c3B3c5c(cc(-c6cc7c8c(c6)Oc6cc(-n9c%10ccccc%10c%10ccccc%109)cc9c6B8c6c(cc(-n8c%10ccccc%10c%10ccccc%108)cc6N9c6ccccc6)O7)cc5Oc5cc(-n6c7ccccc7c7ccccc76)cc2c53)O4)cc1. The molecule has 0 spiro atoms. The first-order valence-corrected chi connectivity index (χ1v) is 37.0. The van der Waals surface area contributed by atoms with E-state index in [0.717, 1.165) is 191 Å². The largest absolute Gasteiger partial charge is 0.458 e. The Morgan fingerprint density at radius 1 is 0.176 bits per heavy atom. The fourth-order valence-corrected chi connectivity index (χ4v) is 19.7. The van der Waals surface area contributed by atoms with Crippen LogP contribution in [0.1, 0.15) is 0 Å². The van der Waals surface area contributed by atoms with Crippen molar-refractivity contribution in [1.29, 1.82) is 0 Å². The summed E-state index contributed by atoms with van der Waals surface area (Å²) in [5, 5.41) is 9.48. The Morgan fingerprint density at radius 2 is 0.370 bits per heavy atom. The molecule has 6 aliphatic heterocycles. The maximum absolute atomic E-state index is 7.72. The van der Waals surface area contributed by atoms with Gasteiger partial charge in [-0.05, 0) is 154 Å². The summed E-state index contributed by atoms with van der Waals surface area (Å²) in [4.78, 5) is 4.90. The van der Waals surface area contributed by atoms with Gasteiger partial charge in [0.1, 0.15) is 46.0 Å². The second-order valence-electron chi connectivity index (χ2n) is 29.4. The fourth-order valence-electron chi connectivity index (χ4n) is 19.7. The molecule has 12 heteroatoms. The van der Waals surface area contributed by atoms with Crippen molar-refractivity contribution < 1.29 is 18.9 Å². The molecule has 0 saturated heterocycles. The maximum Gasteiger partial charge on any atom is 0.266 e. The quantitative estimate of drug-likeness (QED) is 0.148. The number of hydrogen-bond acceptors (Lipinski definition) is 6. The molecule has 20 aromatic rings. The van der Waals surface area contributed by atoms with Gasteiger partial charge in [0, 0.05) is 112 Å². The third-order valence-electron chi connectivity index (χ3n) is 23.9. The van der Waals surface area contributed by atoms with Crippen LogP contribution in [0, 0.1) is 0 Å². The highest BCUT2D eigenvalue weighted by Gasteiger charge is 2.51. The molecule has 0 fully saturated rings. The molecular weight excluding hydrogens is 1320 g/mol. The van der Waals surface area contributed by atoms with Gasteiger partial charge in [0.25, 0.3) is 13.4 Å². The number of hydrogen-bond donors (Lipinski definition) is 0. The Kier molecular flexibility index (Phi) is 11.0. The molecule has 16 aromatic carbocycles. The first-order chi connectivity index (χ1) is 53.6. The van der Waals surface area contributed by atoms with Crippen LogP contribution in [0.25, 0.3) is 121 Å². The summed E-state index contributed by atoms with van der Waals surface area (Å²) in [6.07, 6.45) is 0. The monoisotopic (exact) mass is 1380 g/mol. The lowest BCUT2D eigenvalue weighted by molar-refractivity contribution is 0.462. The zero-order valence-electron chi connectivity index (χ0n) is 57.6. The summed E-state index contributed by atoms with van der Waals surface area (Å²) in [7, 11) is 0. The first-order valence-electron chi connectivity index (χ1n) is 37.0. The van der Waals surface area contributed by atoms with Crippen LogP contribution in [-0.2, 0) is 0 Å². The normalized spacial score (nSPS) is 13.6. The lowest BCUT2D eigenvalue weighted by Gasteiger charge is -2.44. The maximum atomic E-state index is 7.72. The summed E-state index contributed by atoms with van der Waals surface area (Å²) in [5.41, 5.74) is 27.1. The highest BCUT2D eigenvalue weighted by Crippen LogP contribution is 2.54. The minimum atomic E-state index is -0.275. The van der Waals surface area contributed by atoms with Gasteiger partial charge in [0.15, 0.2) is 0 Å². The lowest BCUT2D eigenvalue weighted by atomic mass is 9.33. The fraction of sp³-hybridized carbons (Fsp3) is 0. The number of rotatable bonds is 7. The smallest absolute Gasteiger partial charge is 0.266 e. The van der Waals surface area contributed by atoms with E-state index in [-0.39, 0.29) is 13.4 Å². The van der Waals surface area contributed by atoms with Crippen LogP contribution in [-0.4, -0.2) is 31.7 Å². The third kappa shape index (κ3) is 7.46. The van der Waals surface area contributed by atoms with E-state index in [1.807, 2.05) is 0 Å². The predicted molar refractivity (Wildman–Crippen MR) is 441 cm³/mol. The van der Waals surface area contributed by atoms with Crippen molar-refractivity contribution in [3.63, 3.8) is 0 Å². The van der Waals surface area contributed by atoms with Crippen LogP contribution in [0.15, 0.2) is 328 Å². The standard InChI is InChI=1S/C96H54B2N6O4/c1-3-23-57(24-4-1)99-79-47-59(101-71-35-15-7-27-63(71)64-28-8-16-36-72(64)101)51-87-91(79)97-92-80(99)48-60(102-73-37-17-9-29-65(73)66-30-10-18-38-74(66)102)52-88(92)106-84-44-55(43-83(105-87)95(84)97)56-45-85-96-86(46-56)108-90-54-62(104-77-41-21-13-33-69(77)70-34-14-22-42-78(70)104)50-82-94(90)98(96)93-81(100(82)58-25-5-2-6-26-58)49-61(53-89(93)107-85)103-75-39-19-11-31-67(75)68-32-12-20-40-76(68)103/h1-54H. The molecule has 4 aromatic heterocycles.